The summed E-state index contributed by atoms with van der Waals surface area (Å²) in [6, 6.07) is 16.0. The molecule has 0 aliphatic carbocycles. The quantitative estimate of drug-likeness (QED) is 0.798. The summed E-state index contributed by atoms with van der Waals surface area (Å²) in [5.41, 5.74) is 2.18. The van der Waals surface area contributed by atoms with Crippen LogP contribution in [0.3, 0.4) is 0 Å². The van der Waals surface area contributed by atoms with Crippen molar-refractivity contribution in [1.29, 1.82) is 0 Å². The lowest BCUT2D eigenvalue weighted by molar-refractivity contribution is 0.141. The van der Waals surface area contributed by atoms with Gasteiger partial charge in [-0.2, -0.15) is 0 Å². The Morgan fingerprint density at radius 1 is 1.00 bits per heavy atom. The number of aromatic nitrogens is 1. The molecule has 2 heterocycles. The number of carbonyl (C=O) groups is 1. The van der Waals surface area contributed by atoms with Gasteiger partial charge in [-0.25, -0.2) is 4.79 Å². The van der Waals surface area contributed by atoms with E-state index in [9.17, 15) is 4.79 Å². The van der Waals surface area contributed by atoms with Crippen LogP contribution in [0.15, 0.2) is 60.9 Å². The Bertz CT molecular complexity index is 867. The Hall–Kier alpha value is -2.79. The van der Waals surface area contributed by atoms with Crippen molar-refractivity contribution >= 4 is 22.6 Å². The number of benzene rings is 2. The van der Waals surface area contributed by atoms with Crippen molar-refractivity contribution in [2.45, 2.75) is 6.61 Å². The Labute approximate surface area is 146 Å². The lowest BCUT2D eigenvalue weighted by Crippen LogP contribution is -2.43. The first-order valence-corrected chi connectivity index (χ1v) is 8.58. The Balaban J connectivity index is 1.49. The highest BCUT2D eigenvalue weighted by Gasteiger charge is 2.13. The molecule has 3 aromatic rings. The van der Waals surface area contributed by atoms with Gasteiger partial charge in [-0.15, -0.1) is 0 Å². The number of anilines is 1. The van der Waals surface area contributed by atoms with Crippen LogP contribution >= 0.6 is 0 Å². The molecule has 1 N–H and O–H groups in total. The van der Waals surface area contributed by atoms with E-state index in [4.69, 9.17) is 4.74 Å². The molecule has 25 heavy (non-hydrogen) atoms. The standard InChI is InChI=1S/C20H21N3O2/c24-20(25-15-16-4-2-1-3-5-16)23-13-17-6-7-19(12-18(17)14-23)22-10-8-21-9-11-22/h1-7,12-14,21H,8-11,15H2. The fourth-order valence-electron chi connectivity index (χ4n) is 3.15. The average molecular weight is 335 g/mol. The van der Waals surface area contributed by atoms with Gasteiger partial charge in [-0.05, 0) is 17.7 Å². The van der Waals surface area contributed by atoms with Crippen molar-refractivity contribution in [3.8, 4) is 0 Å². The number of hydrogen-bond acceptors (Lipinski definition) is 4. The van der Waals surface area contributed by atoms with E-state index in [1.807, 2.05) is 42.7 Å². The van der Waals surface area contributed by atoms with E-state index in [1.165, 1.54) is 10.3 Å². The molecule has 0 saturated carbocycles. The fraction of sp³-hybridized carbons (Fsp3) is 0.250. The van der Waals surface area contributed by atoms with Crippen molar-refractivity contribution in [1.82, 2.24) is 9.88 Å². The molecule has 0 radical (unpaired) electrons. The van der Waals surface area contributed by atoms with Gasteiger partial charge in [-0.3, -0.25) is 4.57 Å². The maximum Gasteiger partial charge on any atom is 0.418 e. The van der Waals surface area contributed by atoms with Crippen LogP contribution in [-0.2, 0) is 11.3 Å². The highest BCUT2D eigenvalue weighted by atomic mass is 16.5. The van der Waals surface area contributed by atoms with Gasteiger partial charge in [0.15, 0.2) is 0 Å². The minimum absolute atomic E-state index is 0.278. The van der Waals surface area contributed by atoms with Crippen LogP contribution in [-0.4, -0.2) is 36.8 Å². The van der Waals surface area contributed by atoms with E-state index >= 15 is 0 Å². The molecule has 0 amide bonds. The Kier molecular flexibility index (Phi) is 4.39. The molecule has 4 rings (SSSR count). The van der Waals surface area contributed by atoms with E-state index in [-0.39, 0.29) is 12.7 Å². The predicted octanol–water partition coefficient (Wildman–Crippen LogP) is 3.24. The van der Waals surface area contributed by atoms with E-state index < -0.39 is 0 Å². The Morgan fingerprint density at radius 3 is 2.56 bits per heavy atom. The van der Waals surface area contributed by atoms with E-state index in [1.54, 1.807) is 0 Å². The van der Waals surface area contributed by atoms with Crippen LogP contribution in [0.2, 0.25) is 0 Å². The van der Waals surface area contributed by atoms with Crippen LogP contribution in [0, 0.1) is 0 Å². The Morgan fingerprint density at radius 2 is 1.76 bits per heavy atom. The van der Waals surface area contributed by atoms with Gasteiger partial charge in [0, 0.05) is 55.0 Å². The summed E-state index contributed by atoms with van der Waals surface area (Å²) in [4.78, 5) is 14.7. The zero-order valence-corrected chi connectivity index (χ0v) is 14.0. The number of nitrogens with one attached hydrogen (secondary N) is 1. The molecule has 5 nitrogen and oxygen atoms in total. The molecule has 1 saturated heterocycles. The summed E-state index contributed by atoms with van der Waals surface area (Å²) in [6.45, 7) is 4.30. The fourth-order valence-corrected chi connectivity index (χ4v) is 3.15. The molecule has 0 spiro atoms. The number of rotatable bonds is 3. The number of piperazine rings is 1. The van der Waals surface area contributed by atoms with Crippen LogP contribution < -0.4 is 10.2 Å². The SMILES string of the molecule is O=C(OCc1ccccc1)n1cc2ccc(N3CCNCC3)cc2c1. The summed E-state index contributed by atoms with van der Waals surface area (Å²) in [7, 11) is 0. The molecule has 2 aromatic carbocycles. The van der Waals surface area contributed by atoms with Gasteiger partial charge in [-0.1, -0.05) is 36.4 Å². The number of nitrogens with zero attached hydrogens (tertiary/aromatic N) is 2. The van der Waals surface area contributed by atoms with Crippen molar-refractivity contribution in [3.05, 3.63) is 66.5 Å². The lowest BCUT2D eigenvalue weighted by atomic mass is 10.2. The zero-order chi connectivity index (χ0) is 17.1. The van der Waals surface area contributed by atoms with Crippen LogP contribution in [0.4, 0.5) is 10.5 Å². The van der Waals surface area contributed by atoms with Gasteiger partial charge < -0.3 is 15.0 Å². The summed E-state index contributed by atoms with van der Waals surface area (Å²) in [5, 5.41) is 5.45. The molecule has 0 atom stereocenters. The second-order valence-corrected chi connectivity index (χ2v) is 6.26. The maximum absolute atomic E-state index is 12.3. The maximum atomic E-state index is 12.3. The van der Waals surface area contributed by atoms with Crippen LogP contribution in [0.1, 0.15) is 5.56 Å². The molecule has 0 bridgehead atoms. The second-order valence-electron chi connectivity index (χ2n) is 6.26. The van der Waals surface area contributed by atoms with Gasteiger partial charge >= 0.3 is 6.09 Å². The predicted molar refractivity (Wildman–Crippen MR) is 99.0 cm³/mol. The summed E-state index contributed by atoms with van der Waals surface area (Å²) in [6.07, 6.45) is 3.31. The van der Waals surface area contributed by atoms with E-state index in [0.717, 1.165) is 42.5 Å². The highest BCUT2D eigenvalue weighted by Crippen LogP contribution is 2.23. The number of ether oxygens (including phenoxy) is 1. The van der Waals surface area contributed by atoms with Crippen LogP contribution in [0.5, 0.6) is 0 Å². The topological polar surface area (TPSA) is 46.5 Å². The highest BCUT2D eigenvalue weighted by molar-refractivity contribution is 5.89. The van der Waals surface area contributed by atoms with Gasteiger partial charge in [0.25, 0.3) is 0 Å². The number of carbonyl (C=O) groups excluding carboxylic acids is 1. The molecular weight excluding hydrogens is 314 g/mol. The number of fused-ring (bicyclic) bond motifs is 1. The molecule has 1 fully saturated rings. The van der Waals surface area contributed by atoms with Gasteiger partial charge in [0.05, 0.1) is 0 Å². The molecule has 0 unspecified atom stereocenters. The summed E-state index contributed by atoms with van der Waals surface area (Å²) in [5.74, 6) is 0. The lowest BCUT2D eigenvalue weighted by Gasteiger charge is -2.29. The van der Waals surface area contributed by atoms with Crippen molar-refractivity contribution in [3.63, 3.8) is 0 Å². The molecule has 5 heteroatoms. The molecule has 1 aliphatic heterocycles. The minimum Gasteiger partial charge on any atom is -0.444 e. The largest absolute Gasteiger partial charge is 0.444 e. The first-order chi connectivity index (χ1) is 12.3. The number of hydrogen-bond donors (Lipinski definition) is 1. The summed E-state index contributed by atoms with van der Waals surface area (Å²) < 4.78 is 6.92. The third-order valence-electron chi connectivity index (χ3n) is 4.52. The smallest absolute Gasteiger partial charge is 0.418 e. The molecular formula is C20H21N3O2. The first kappa shape index (κ1) is 15.7. The zero-order valence-electron chi connectivity index (χ0n) is 14.0. The monoisotopic (exact) mass is 335 g/mol. The van der Waals surface area contributed by atoms with E-state index in [2.05, 4.69) is 28.4 Å². The minimum atomic E-state index is -0.358. The third kappa shape index (κ3) is 3.51. The van der Waals surface area contributed by atoms with Crippen molar-refractivity contribution in [2.75, 3.05) is 31.1 Å². The molecule has 1 aliphatic rings. The van der Waals surface area contributed by atoms with Gasteiger partial charge in [0.1, 0.15) is 6.61 Å². The average Bonchev–Trinajstić information content (AvgIpc) is 3.11. The van der Waals surface area contributed by atoms with Crippen LogP contribution in [0.25, 0.3) is 10.8 Å². The first-order valence-electron chi connectivity index (χ1n) is 8.58. The van der Waals surface area contributed by atoms with E-state index in [0.29, 0.717) is 0 Å². The molecule has 128 valence electrons. The van der Waals surface area contributed by atoms with Crippen molar-refractivity contribution in [2.24, 2.45) is 0 Å². The van der Waals surface area contributed by atoms with Gasteiger partial charge in [0.2, 0.25) is 0 Å². The second kappa shape index (κ2) is 6.99. The van der Waals surface area contributed by atoms with Crippen molar-refractivity contribution < 1.29 is 9.53 Å². The normalized spacial score (nSPS) is 14.6. The third-order valence-corrected chi connectivity index (χ3v) is 4.52. The summed E-state index contributed by atoms with van der Waals surface area (Å²) >= 11 is 0. The molecule has 1 aromatic heterocycles.